The monoisotopic (exact) mass is 462 g/mol. The smallest absolute Gasteiger partial charge is 0.295 e. The molecular formula is C26H26N2O4S. The van der Waals surface area contributed by atoms with Crippen molar-refractivity contribution in [1.82, 2.24) is 9.88 Å². The highest BCUT2D eigenvalue weighted by molar-refractivity contribution is 7.10. The summed E-state index contributed by atoms with van der Waals surface area (Å²) in [5.41, 5.74) is 2.20. The van der Waals surface area contributed by atoms with Gasteiger partial charge in [0.2, 0.25) is 0 Å². The van der Waals surface area contributed by atoms with Crippen LogP contribution >= 0.6 is 11.3 Å². The van der Waals surface area contributed by atoms with Crippen LogP contribution in [0.5, 0.6) is 5.75 Å². The van der Waals surface area contributed by atoms with Gasteiger partial charge in [-0.25, -0.2) is 0 Å². The maximum atomic E-state index is 13.1. The summed E-state index contributed by atoms with van der Waals surface area (Å²) in [7, 11) is 0. The second-order valence-corrected chi connectivity index (χ2v) is 8.96. The summed E-state index contributed by atoms with van der Waals surface area (Å²) in [6, 6.07) is 12.1. The van der Waals surface area contributed by atoms with Gasteiger partial charge >= 0.3 is 0 Å². The zero-order valence-corrected chi connectivity index (χ0v) is 19.5. The number of benzene rings is 1. The number of Topliss-reactive ketones (excluding diaryl/α,β-unsaturated/α-hetero) is 1. The first-order valence-electron chi connectivity index (χ1n) is 11.0. The highest BCUT2D eigenvalue weighted by Gasteiger charge is 2.46. The highest BCUT2D eigenvalue weighted by atomic mass is 32.1. The lowest BCUT2D eigenvalue weighted by Gasteiger charge is -2.24. The molecule has 0 saturated carbocycles. The minimum absolute atomic E-state index is 0.106. The first kappa shape index (κ1) is 22.7. The molecule has 7 heteroatoms. The molecule has 1 saturated heterocycles. The molecule has 3 heterocycles. The van der Waals surface area contributed by atoms with Crippen molar-refractivity contribution in [3.05, 3.63) is 87.4 Å². The lowest BCUT2D eigenvalue weighted by molar-refractivity contribution is -0.140. The molecule has 0 spiro atoms. The number of likely N-dealkylation sites (tertiary alicyclic amines) is 1. The third-order valence-electron chi connectivity index (χ3n) is 5.65. The predicted octanol–water partition coefficient (Wildman–Crippen LogP) is 5.25. The van der Waals surface area contributed by atoms with E-state index in [2.05, 4.69) is 11.9 Å². The molecule has 6 nitrogen and oxygen atoms in total. The van der Waals surface area contributed by atoms with Crippen LogP contribution in [-0.2, 0) is 16.1 Å². The maximum Gasteiger partial charge on any atom is 0.295 e. The fourth-order valence-corrected chi connectivity index (χ4v) is 4.79. The molecule has 1 aromatic carbocycles. The number of thiophene rings is 1. The molecule has 1 aliphatic heterocycles. The van der Waals surface area contributed by atoms with Crippen molar-refractivity contribution in [2.24, 2.45) is 0 Å². The van der Waals surface area contributed by atoms with Gasteiger partial charge < -0.3 is 14.7 Å². The fourth-order valence-electron chi connectivity index (χ4n) is 3.95. The summed E-state index contributed by atoms with van der Waals surface area (Å²) in [5, 5.41) is 13.2. The largest absolute Gasteiger partial charge is 0.507 e. The Hall–Kier alpha value is -3.45. The van der Waals surface area contributed by atoms with Crippen molar-refractivity contribution in [3.8, 4) is 5.75 Å². The zero-order chi connectivity index (χ0) is 23.4. The summed E-state index contributed by atoms with van der Waals surface area (Å²) >= 11 is 1.45. The van der Waals surface area contributed by atoms with Crippen LogP contribution in [0.25, 0.3) is 5.76 Å². The normalized spacial score (nSPS) is 17.5. The van der Waals surface area contributed by atoms with Gasteiger partial charge in [-0.1, -0.05) is 25.5 Å². The number of aromatic nitrogens is 1. The number of nitrogens with zero attached hydrogens (tertiary/aromatic N) is 2. The van der Waals surface area contributed by atoms with Crippen LogP contribution in [0.2, 0.25) is 0 Å². The van der Waals surface area contributed by atoms with Gasteiger partial charge in [0.05, 0.1) is 18.2 Å². The van der Waals surface area contributed by atoms with Crippen molar-refractivity contribution in [2.45, 2.75) is 39.3 Å². The first-order valence-corrected chi connectivity index (χ1v) is 11.8. The van der Waals surface area contributed by atoms with Crippen molar-refractivity contribution < 1.29 is 19.4 Å². The molecule has 0 aliphatic carbocycles. The van der Waals surface area contributed by atoms with Gasteiger partial charge in [0.15, 0.2) is 0 Å². The summed E-state index contributed by atoms with van der Waals surface area (Å²) in [4.78, 5) is 32.6. The average molecular weight is 463 g/mol. The van der Waals surface area contributed by atoms with Gasteiger partial charge in [-0.3, -0.25) is 14.6 Å². The number of ketones is 1. The molecule has 0 bridgehead atoms. The first-order chi connectivity index (χ1) is 16.0. The van der Waals surface area contributed by atoms with Crippen LogP contribution in [0.4, 0.5) is 0 Å². The Kier molecular flexibility index (Phi) is 6.89. The van der Waals surface area contributed by atoms with E-state index in [1.54, 1.807) is 30.6 Å². The molecular weight excluding hydrogens is 436 g/mol. The number of aliphatic hydroxyl groups excluding tert-OH is 1. The molecule has 33 heavy (non-hydrogen) atoms. The third kappa shape index (κ3) is 4.68. The molecule has 1 amide bonds. The van der Waals surface area contributed by atoms with E-state index in [1.165, 1.54) is 16.2 Å². The SMILES string of the molecule is CCCCOc1ccc(/C(O)=C2\C(=O)C(=O)N(Cc3cccnc3)C2c2cccs2)c(C)c1. The Bertz CT molecular complexity index is 1170. The molecule has 4 rings (SSSR count). The van der Waals surface area contributed by atoms with Crippen LogP contribution in [0.1, 0.15) is 47.4 Å². The Morgan fingerprint density at radius 2 is 2.06 bits per heavy atom. The summed E-state index contributed by atoms with van der Waals surface area (Å²) in [6.45, 7) is 4.80. The van der Waals surface area contributed by atoms with Gasteiger partial charge in [0, 0.05) is 29.4 Å². The number of ether oxygens (including phenoxy) is 1. The van der Waals surface area contributed by atoms with E-state index < -0.39 is 17.7 Å². The number of hydrogen-bond donors (Lipinski definition) is 1. The van der Waals surface area contributed by atoms with E-state index in [4.69, 9.17) is 4.74 Å². The second-order valence-electron chi connectivity index (χ2n) is 7.98. The summed E-state index contributed by atoms with van der Waals surface area (Å²) < 4.78 is 5.76. The molecule has 1 N–H and O–H groups in total. The quantitative estimate of drug-likeness (QED) is 0.214. The number of amides is 1. The fraction of sp³-hybridized carbons (Fsp3) is 0.269. The van der Waals surface area contributed by atoms with Gasteiger partial charge in [-0.2, -0.15) is 0 Å². The number of aliphatic hydroxyl groups is 1. The third-order valence-corrected chi connectivity index (χ3v) is 6.57. The van der Waals surface area contributed by atoms with Crippen molar-refractivity contribution in [1.29, 1.82) is 0 Å². The maximum absolute atomic E-state index is 13.1. The molecule has 1 fully saturated rings. The van der Waals surface area contributed by atoms with Crippen molar-refractivity contribution in [3.63, 3.8) is 0 Å². The number of carbonyl (C=O) groups is 2. The van der Waals surface area contributed by atoms with Gasteiger partial charge in [-0.05, 0) is 60.2 Å². The molecule has 1 unspecified atom stereocenters. The van der Waals surface area contributed by atoms with Crippen LogP contribution < -0.4 is 4.74 Å². The average Bonchev–Trinajstić information content (AvgIpc) is 3.42. The Labute approximate surface area is 197 Å². The topological polar surface area (TPSA) is 79.7 Å². The number of rotatable bonds is 8. The molecule has 0 radical (unpaired) electrons. The van der Waals surface area contributed by atoms with Gasteiger partial charge in [-0.15, -0.1) is 11.3 Å². The van der Waals surface area contributed by atoms with Crippen LogP contribution in [-0.4, -0.2) is 33.3 Å². The predicted molar refractivity (Wildman–Crippen MR) is 128 cm³/mol. The van der Waals surface area contributed by atoms with E-state index in [-0.39, 0.29) is 17.9 Å². The van der Waals surface area contributed by atoms with Gasteiger partial charge in [0.25, 0.3) is 11.7 Å². The van der Waals surface area contributed by atoms with Crippen LogP contribution in [0.3, 0.4) is 0 Å². The summed E-state index contributed by atoms with van der Waals surface area (Å²) in [5.74, 6) is -0.768. The number of carbonyl (C=O) groups excluding carboxylic acids is 2. The second kappa shape index (κ2) is 10.0. The van der Waals surface area contributed by atoms with E-state index >= 15 is 0 Å². The zero-order valence-electron chi connectivity index (χ0n) is 18.7. The summed E-state index contributed by atoms with van der Waals surface area (Å²) in [6.07, 6.45) is 5.33. The number of aryl methyl sites for hydroxylation is 1. The number of unbranched alkanes of at least 4 members (excludes halogenated alkanes) is 1. The van der Waals surface area contributed by atoms with E-state index in [0.29, 0.717) is 17.9 Å². The van der Waals surface area contributed by atoms with Gasteiger partial charge in [0.1, 0.15) is 11.5 Å². The Morgan fingerprint density at radius 1 is 1.21 bits per heavy atom. The molecule has 170 valence electrons. The Morgan fingerprint density at radius 3 is 2.73 bits per heavy atom. The lowest BCUT2D eigenvalue weighted by Crippen LogP contribution is -2.28. The van der Waals surface area contributed by atoms with Crippen molar-refractivity contribution >= 4 is 28.8 Å². The molecule has 1 aliphatic rings. The molecule has 1 atom stereocenters. The minimum atomic E-state index is -0.683. The standard InChI is InChI=1S/C26H26N2O4S/c1-3-4-12-32-19-9-10-20(17(2)14-19)24(29)22-23(21-8-6-13-33-21)28(26(31)25(22)30)16-18-7-5-11-27-15-18/h5-11,13-15,23,29H,3-4,12,16H2,1-2H3/b24-22+. The highest BCUT2D eigenvalue weighted by Crippen LogP contribution is 2.42. The Balaban J connectivity index is 1.74. The van der Waals surface area contributed by atoms with Crippen molar-refractivity contribution in [2.75, 3.05) is 6.61 Å². The molecule has 2 aromatic heterocycles. The van der Waals surface area contributed by atoms with E-state index in [0.717, 1.165) is 28.8 Å². The van der Waals surface area contributed by atoms with E-state index in [1.807, 2.05) is 36.6 Å². The number of pyridine rings is 1. The van der Waals surface area contributed by atoms with Crippen LogP contribution in [0, 0.1) is 6.92 Å². The van der Waals surface area contributed by atoms with E-state index in [9.17, 15) is 14.7 Å². The number of hydrogen-bond acceptors (Lipinski definition) is 6. The molecule has 3 aromatic rings. The minimum Gasteiger partial charge on any atom is -0.507 e. The van der Waals surface area contributed by atoms with Crippen LogP contribution in [0.15, 0.2) is 65.8 Å². The lowest BCUT2D eigenvalue weighted by atomic mass is 9.97.